The normalized spacial score (nSPS) is 12.2. The zero-order valence-corrected chi connectivity index (χ0v) is 20.9. The van der Waals surface area contributed by atoms with Gasteiger partial charge < -0.3 is 0 Å². The highest BCUT2D eigenvalue weighted by Gasteiger charge is 2.21. The molecule has 162 valence electrons. The van der Waals surface area contributed by atoms with Crippen LogP contribution in [0.3, 0.4) is 0 Å². The van der Waals surface area contributed by atoms with Crippen molar-refractivity contribution in [3.8, 4) is 21.7 Å². The Balaban J connectivity index is 1.62. The van der Waals surface area contributed by atoms with Gasteiger partial charge in [-0.05, 0) is 63.9 Å². The third kappa shape index (κ3) is 3.30. The van der Waals surface area contributed by atoms with Gasteiger partial charge in [-0.1, -0.05) is 63.2 Å². The van der Waals surface area contributed by atoms with Gasteiger partial charge in [-0.3, -0.25) is 4.98 Å². The first-order chi connectivity index (χ1) is 15.9. The first-order valence-corrected chi connectivity index (χ1v) is 13.0. The van der Waals surface area contributed by atoms with Crippen molar-refractivity contribution < 1.29 is 0 Å². The molecule has 0 atom stereocenters. The summed E-state index contributed by atoms with van der Waals surface area (Å²) in [6.07, 6.45) is 1.97. The molecule has 0 aliphatic carbocycles. The molecule has 0 radical (unpaired) electrons. The minimum absolute atomic E-state index is 0.0512. The van der Waals surface area contributed by atoms with Gasteiger partial charge in [-0.2, -0.15) is 0 Å². The van der Waals surface area contributed by atoms with Crippen LogP contribution in [0.25, 0.3) is 52.6 Å². The molecular formula is C30H25NS2. The van der Waals surface area contributed by atoms with Gasteiger partial charge in [-0.25, -0.2) is 0 Å². The van der Waals surface area contributed by atoms with Gasteiger partial charge in [0.1, 0.15) is 0 Å². The van der Waals surface area contributed by atoms with Crippen LogP contribution in [-0.2, 0) is 5.41 Å². The van der Waals surface area contributed by atoms with Crippen LogP contribution < -0.4 is 0 Å². The molecule has 0 fully saturated rings. The van der Waals surface area contributed by atoms with E-state index in [-0.39, 0.29) is 5.41 Å². The number of pyridine rings is 1. The molecule has 0 aliphatic rings. The fourth-order valence-electron chi connectivity index (χ4n) is 4.83. The topological polar surface area (TPSA) is 12.9 Å². The highest BCUT2D eigenvalue weighted by Crippen LogP contribution is 2.46. The Hall–Kier alpha value is -3.01. The maximum absolute atomic E-state index is 4.92. The zero-order chi connectivity index (χ0) is 22.7. The van der Waals surface area contributed by atoms with Crippen LogP contribution in [0.15, 0.2) is 78.3 Å². The number of hydrogen-bond donors (Lipinski definition) is 0. The lowest BCUT2D eigenvalue weighted by atomic mass is 9.82. The monoisotopic (exact) mass is 463 g/mol. The number of aryl methyl sites for hydroxylation is 1. The Bertz CT molecular complexity index is 1660. The van der Waals surface area contributed by atoms with Crippen LogP contribution >= 0.6 is 22.7 Å². The van der Waals surface area contributed by atoms with Crippen molar-refractivity contribution in [3.63, 3.8) is 0 Å². The van der Waals surface area contributed by atoms with E-state index in [1.54, 1.807) is 0 Å². The molecule has 6 rings (SSSR count). The summed E-state index contributed by atoms with van der Waals surface area (Å²) in [7, 11) is 0. The van der Waals surface area contributed by atoms with Crippen molar-refractivity contribution in [2.75, 3.05) is 0 Å². The number of thiophene rings is 2. The van der Waals surface area contributed by atoms with E-state index >= 15 is 0 Å². The fraction of sp³-hybridized carbons (Fsp3) is 0.167. The predicted molar refractivity (Wildman–Crippen MR) is 147 cm³/mol. The Morgan fingerprint density at radius 1 is 0.818 bits per heavy atom. The highest BCUT2D eigenvalue weighted by molar-refractivity contribution is 7.24. The Kier molecular flexibility index (Phi) is 4.69. The Morgan fingerprint density at radius 2 is 1.58 bits per heavy atom. The second-order valence-corrected chi connectivity index (χ2v) is 11.7. The Labute approximate surface area is 202 Å². The molecule has 0 saturated heterocycles. The molecule has 0 spiro atoms. The molecule has 3 heteroatoms. The molecule has 0 unspecified atom stereocenters. The van der Waals surface area contributed by atoms with E-state index in [0.717, 1.165) is 5.69 Å². The Morgan fingerprint density at radius 3 is 2.39 bits per heavy atom. The van der Waals surface area contributed by atoms with Crippen molar-refractivity contribution in [3.05, 3.63) is 89.4 Å². The number of rotatable bonds is 2. The van der Waals surface area contributed by atoms with Crippen LogP contribution in [0.1, 0.15) is 31.9 Å². The van der Waals surface area contributed by atoms with Crippen molar-refractivity contribution in [1.82, 2.24) is 4.98 Å². The first-order valence-electron chi connectivity index (χ1n) is 11.3. The lowest BCUT2D eigenvalue weighted by Gasteiger charge is -2.22. The molecule has 0 amide bonds. The smallest absolute Gasteiger partial charge is 0.0880 e. The van der Waals surface area contributed by atoms with E-state index in [4.69, 9.17) is 4.98 Å². The summed E-state index contributed by atoms with van der Waals surface area (Å²) < 4.78 is 2.61. The van der Waals surface area contributed by atoms with E-state index in [0.29, 0.717) is 0 Å². The quantitative estimate of drug-likeness (QED) is 0.249. The van der Waals surface area contributed by atoms with Gasteiger partial charge in [0.05, 0.1) is 10.4 Å². The molecule has 33 heavy (non-hydrogen) atoms. The van der Waals surface area contributed by atoms with Gasteiger partial charge in [0.25, 0.3) is 0 Å². The van der Waals surface area contributed by atoms with Crippen LogP contribution in [0.5, 0.6) is 0 Å². The standard InChI is InChI=1S/C30H25NS2/c1-18-21-13-14-31-27(20-15-19-9-5-6-10-22(19)25(16-20)30(2,3)4)29(21)33-28(18)24-17-32-26-12-8-7-11-23(24)26/h5-17H,1-4H3. The maximum atomic E-state index is 4.92. The number of hydrogen-bond acceptors (Lipinski definition) is 3. The van der Waals surface area contributed by atoms with Gasteiger partial charge in [0.2, 0.25) is 0 Å². The summed E-state index contributed by atoms with van der Waals surface area (Å²) >= 11 is 3.71. The average molecular weight is 464 g/mol. The van der Waals surface area contributed by atoms with Crippen molar-refractivity contribution >= 4 is 53.6 Å². The third-order valence-corrected chi connectivity index (χ3v) is 8.83. The zero-order valence-electron chi connectivity index (χ0n) is 19.3. The summed E-state index contributed by atoms with van der Waals surface area (Å²) in [6, 6.07) is 24.3. The van der Waals surface area contributed by atoms with E-state index in [2.05, 4.69) is 99.8 Å². The summed E-state index contributed by atoms with van der Waals surface area (Å²) in [6.45, 7) is 9.14. The van der Waals surface area contributed by atoms with Crippen molar-refractivity contribution in [2.24, 2.45) is 0 Å². The minimum atomic E-state index is 0.0512. The highest BCUT2D eigenvalue weighted by atomic mass is 32.1. The molecule has 0 N–H and O–H groups in total. The molecule has 0 bridgehead atoms. The van der Waals surface area contributed by atoms with Crippen LogP contribution in [0, 0.1) is 6.92 Å². The lowest BCUT2D eigenvalue weighted by molar-refractivity contribution is 0.596. The first kappa shape index (κ1) is 20.6. The van der Waals surface area contributed by atoms with Crippen molar-refractivity contribution in [2.45, 2.75) is 33.1 Å². The number of aromatic nitrogens is 1. The van der Waals surface area contributed by atoms with E-state index in [1.807, 2.05) is 28.9 Å². The van der Waals surface area contributed by atoms with Gasteiger partial charge in [0, 0.05) is 37.7 Å². The molecule has 6 aromatic rings. The predicted octanol–water partition coefficient (Wildman–Crippen LogP) is 9.60. The van der Waals surface area contributed by atoms with Gasteiger partial charge >= 0.3 is 0 Å². The van der Waals surface area contributed by atoms with E-state index in [1.165, 1.54) is 58.1 Å². The molecule has 0 aliphatic heterocycles. The molecule has 3 aromatic carbocycles. The summed E-state index contributed by atoms with van der Waals surface area (Å²) in [5.41, 5.74) is 6.39. The van der Waals surface area contributed by atoms with Gasteiger partial charge in [-0.15, -0.1) is 22.7 Å². The number of nitrogens with zero attached hydrogens (tertiary/aromatic N) is 1. The SMILES string of the molecule is Cc1c(-c2csc3ccccc23)sc2c(-c3cc(C(C)(C)C)c4ccccc4c3)nccc12. The fourth-order valence-corrected chi connectivity index (χ4v) is 7.20. The molecule has 1 nitrogen and oxygen atoms in total. The van der Waals surface area contributed by atoms with Crippen molar-refractivity contribution in [1.29, 1.82) is 0 Å². The summed E-state index contributed by atoms with van der Waals surface area (Å²) in [5, 5.41) is 7.56. The second kappa shape index (κ2) is 7.51. The minimum Gasteiger partial charge on any atom is -0.255 e. The van der Waals surface area contributed by atoms with E-state index < -0.39 is 0 Å². The number of benzene rings is 3. The maximum Gasteiger partial charge on any atom is 0.0880 e. The third-order valence-electron chi connectivity index (χ3n) is 6.52. The average Bonchev–Trinajstić information content (AvgIpc) is 3.38. The van der Waals surface area contributed by atoms with Crippen LogP contribution in [0.4, 0.5) is 0 Å². The molecule has 3 aromatic heterocycles. The number of fused-ring (bicyclic) bond motifs is 3. The van der Waals surface area contributed by atoms with E-state index in [9.17, 15) is 0 Å². The largest absolute Gasteiger partial charge is 0.255 e. The second-order valence-electron chi connectivity index (χ2n) is 9.73. The van der Waals surface area contributed by atoms with Crippen LogP contribution in [0.2, 0.25) is 0 Å². The molecule has 0 saturated carbocycles. The molecule has 3 heterocycles. The summed E-state index contributed by atoms with van der Waals surface area (Å²) in [4.78, 5) is 6.27. The molecular weight excluding hydrogens is 438 g/mol. The van der Waals surface area contributed by atoms with Crippen LogP contribution in [-0.4, -0.2) is 4.98 Å². The van der Waals surface area contributed by atoms with Gasteiger partial charge in [0.15, 0.2) is 0 Å². The lowest BCUT2D eigenvalue weighted by Crippen LogP contribution is -2.12. The summed E-state index contributed by atoms with van der Waals surface area (Å²) in [5.74, 6) is 0.